The number of hydrogen-bond donors (Lipinski definition) is 3. The summed E-state index contributed by atoms with van der Waals surface area (Å²) in [5.74, 6) is -2.50. The fraction of sp³-hybridized carbons (Fsp3) is 0.654. The van der Waals surface area contributed by atoms with Crippen molar-refractivity contribution in [3.8, 4) is 0 Å². The molecule has 0 radical (unpaired) electrons. The van der Waals surface area contributed by atoms with Gasteiger partial charge < -0.3 is 25.4 Å². The number of hydrogen-bond acceptors (Lipinski definition) is 5. The molecule has 0 aliphatic carbocycles. The van der Waals surface area contributed by atoms with Gasteiger partial charge in [-0.15, -0.1) is 0 Å². The lowest BCUT2D eigenvalue weighted by Gasteiger charge is -2.39. The molecule has 3 aliphatic heterocycles. The second kappa shape index (κ2) is 8.34. The van der Waals surface area contributed by atoms with Crippen LogP contribution < -0.4 is 10.6 Å². The largest absolute Gasteiger partial charge is 0.394 e. The van der Waals surface area contributed by atoms with E-state index in [0.717, 1.165) is 0 Å². The van der Waals surface area contributed by atoms with Crippen molar-refractivity contribution in [2.24, 2.45) is 17.8 Å². The van der Waals surface area contributed by atoms with Crippen LogP contribution in [0, 0.1) is 17.8 Å². The average molecular weight is 472 g/mol. The number of nitrogens with one attached hydrogen (secondary N) is 2. The van der Waals surface area contributed by atoms with Crippen LogP contribution in [0.5, 0.6) is 0 Å². The maximum absolute atomic E-state index is 14.0. The van der Waals surface area contributed by atoms with Gasteiger partial charge in [0.2, 0.25) is 17.7 Å². The Morgan fingerprint density at radius 1 is 1.18 bits per heavy atom. The van der Waals surface area contributed by atoms with E-state index < -0.39 is 40.7 Å². The zero-order valence-electron chi connectivity index (χ0n) is 20.9. The van der Waals surface area contributed by atoms with E-state index in [1.165, 1.54) is 4.90 Å². The topological polar surface area (TPSA) is 108 Å². The molecule has 8 nitrogen and oxygen atoms in total. The number of anilines is 1. The summed E-state index contributed by atoms with van der Waals surface area (Å²) < 4.78 is 6.60. The Morgan fingerprint density at radius 3 is 2.38 bits per heavy atom. The first-order valence-corrected chi connectivity index (χ1v) is 12.2. The molecule has 3 amide bonds. The quantitative estimate of drug-likeness (QED) is 0.590. The van der Waals surface area contributed by atoms with Gasteiger partial charge in [0.15, 0.2) is 0 Å². The Balaban J connectivity index is 1.77. The second-order valence-corrected chi connectivity index (χ2v) is 11.6. The highest BCUT2D eigenvalue weighted by molar-refractivity contribution is 6.02. The number of nitrogens with zero attached hydrogens (tertiary/aromatic N) is 1. The van der Waals surface area contributed by atoms with Gasteiger partial charge in [-0.25, -0.2) is 0 Å². The van der Waals surface area contributed by atoms with Crippen molar-refractivity contribution in [1.29, 1.82) is 0 Å². The number of para-hydroxylation sites is 1. The Bertz CT molecular complexity index is 974. The Morgan fingerprint density at radius 2 is 1.82 bits per heavy atom. The Hall–Kier alpha value is -2.45. The first-order valence-electron chi connectivity index (χ1n) is 12.2. The molecule has 4 rings (SSSR count). The van der Waals surface area contributed by atoms with Crippen molar-refractivity contribution in [2.45, 2.75) is 83.2 Å². The molecular formula is C26H37N3O5. The van der Waals surface area contributed by atoms with Gasteiger partial charge in [-0.1, -0.05) is 32.0 Å². The molecule has 6 atom stereocenters. The summed E-state index contributed by atoms with van der Waals surface area (Å²) in [5, 5.41) is 16.2. The molecule has 0 saturated carbocycles. The van der Waals surface area contributed by atoms with Crippen LogP contribution in [0.1, 0.15) is 54.4 Å². The maximum atomic E-state index is 14.0. The number of carbonyl (C=O) groups excluding carboxylic acids is 3. The fourth-order valence-corrected chi connectivity index (χ4v) is 6.22. The molecule has 3 saturated heterocycles. The molecule has 2 bridgehead atoms. The van der Waals surface area contributed by atoms with E-state index in [1.54, 1.807) is 12.1 Å². The summed E-state index contributed by atoms with van der Waals surface area (Å²) in [6, 6.07) is 7.65. The molecule has 1 spiro atoms. The van der Waals surface area contributed by atoms with Gasteiger partial charge in [-0.2, -0.15) is 0 Å². The van der Waals surface area contributed by atoms with Crippen LogP contribution in [0.25, 0.3) is 0 Å². The fourth-order valence-electron chi connectivity index (χ4n) is 6.22. The number of benzene rings is 1. The second-order valence-electron chi connectivity index (χ2n) is 11.6. The minimum absolute atomic E-state index is 0.0847. The zero-order valence-corrected chi connectivity index (χ0v) is 20.9. The summed E-state index contributed by atoms with van der Waals surface area (Å²) in [7, 11) is 0. The molecule has 8 heteroatoms. The number of aliphatic hydroxyl groups is 1. The van der Waals surface area contributed by atoms with Gasteiger partial charge in [0.05, 0.1) is 30.1 Å². The predicted molar refractivity (Wildman–Crippen MR) is 128 cm³/mol. The number of aliphatic hydroxyl groups excluding tert-OH is 1. The first kappa shape index (κ1) is 24.7. The summed E-state index contributed by atoms with van der Waals surface area (Å²) in [5.41, 5.74) is -1.83. The number of amides is 3. The van der Waals surface area contributed by atoms with Gasteiger partial charge in [0.1, 0.15) is 11.6 Å². The third-order valence-electron chi connectivity index (χ3n) is 7.60. The smallest absolute Gasteiger partial charge is 0.246 e. The Kier molecular flexibility index (Phi) is 6.05. The van der Waals surface area contributed by atoms with Crippen LogP contribution in [-0.2, 0) is 19.1 Å². The van der Waals surface area contributed by atoms with Crippen molar-refractivity contribution in [3.63, 3.8) is 0 Å². The lowest BCUT2D eigenvalue weighted by Crippen LogP contribution is -2.61. The van der Waals surface area contributed by atoms with E-state index in [1.807, 2.05) is 59.7 Å². The molecule has 1 aromatic carbocycles. The van der Waals surface area contributed by atoms with Gasteiger partial charge in [-0.3, -0.25) is 14.4 Å². The van der Waals surface area contributed by atoms with Crippen LogP contribution in [-0.4, -0.2) is 63.2 Å². The maximum Gasteiger partial charge on any atom is 0.246 e. The SMILES string of the molecule is CC(C)[C@H](CO)N1C(=O)[C@@H]2[C@H](C(=O)Nc3ccccc3)[C@]3(C)CCC2(O3)C1C(=O)NC(C)(C)C. The molecule has 3 N–H and O–H groups in total. The summed E-state index contributed by atoms with van der Waals surface area (Å²) in [6.45, 7) is 11.1. The normalized spacial score (nSPS) is 33.2. The molecule has 3 fully saturated rings. The molecule has 2 unspecified atom stereocenters. The van der Waals surface area contributed by atoms with E-state index in [9.17, 15) is 19.5 Å². The lowest BCUT2D eigenvalue weighted by atomic mass is 9.66. The number of carbonyl (C=O) groups is 3. The molecule has 34 heavy (non-hydrogen) atoms. The van der Waals surface area contributed by atoms with Gasteiger partial charge in [0, 0.05) is 11.2 Å². The molecule has 0 aromatic heterocycles. The molecule has 1 aromatic rings. The van der Waals surface area contributed by atoms with Crippen LogP contribution in [0.15, 0.2) is 30.3 Å². The number of ether oxygens (including phenoxy) is 1. The van der Waals surface area contributed by atoms with Gasteiger partial charge in [0.25, 0.3) is 0 Å². The molecule has 3 heterocycles. The molecular weight excluding hydrogens is 434 g/mol. The lowest BCUT2D eigenvalue weighted by molar-refractivity contribution is -0.150. The molecule has 3 aliphatic rings. The van der Waals surface area contributed by atoms with E-state index in [2.05, 4.69) is 10.6 Å². The van der Waals surface area contributed by atoms with Crippen LogP contribution in [0.3, 0.4) is 0 Å². The van der Waals surface area contributed by atoms with Crippen LogP contribution >= 0.6 is 0 Å². The molecule has 186 valence electrons. The van der Waals surface area contributed by atoms with E-state index >= 15 is 0 Å². The Labute approximate surface area is 201 Å². The zero-order chi connectivity index (χ0) is 25.1. The summed E-state index contributed by atoms with van der Waals surface area (Å²) in [6.07, 6.45) is 1.08. The van der Waals surface area contributed by atoms with Gasteiger partial charge in [-0.05, 0) is 58.6 Å². The minimum Gasteiger partial charge on any atom is -0.394 e. The van der Waals surface area contributed by atoms with E-state index in [0.29, 0.717) is 18.5 Å². The summed E-state index contributed by atoms with van der Waals surface area (Å²) >= 11 is 0. The third kappa shape index (κ3) is 3.81. The number of rotatable bonds is 6. The highest BCUT2D eigenvalue weighted by Crippen LogP contribution is 2.63. The highest BCUT2D eigenvalue weighted by atomic mass is 16.5. The van der Waals surface area contributed by atoms with E-state index in [4.69, 9.17) is 4.74 Å². The van der Waals surface area contributed by atoms with Crippen molar-refractivity contribution < 1.29 is 24.2 Å². The third-order valence-corrected chi connectivity index (χ3v) is 7.60. The number of fused-ring (bicyclic) bond motifs is 1. The van der Waals surface area contributed by atoms with Crippen LogP contribution in [0.2, 0.25) is 0 Å². The van der Waals surface area contributed by atoms with E-state index in [-0.39, 0.29) is 30.2 Å². The van der Waals surface area contributed by atoms with Crippen molar-refractivity contribution in [1.82, 2.24) is 10.2 Å². The standard InChI is InChI=1S/C26H37N3O5/c1-15(2)17(14-30)29-20(22(32)28-24(3,4)5)26-13-12-25(6,34-26)18(19(26)23(29)33)21(31)27-16-10-8-7-9-11-16/h7-11,15,17-20,30H,12-14H2,1-6H3,(H,27,31)(H,28,32)/t17-,18+,19-,20?,25-,26?/m0/s1. The highest BCUT2D eigenvalue weighted by Gasteiger charge is 2.78. The summed E-state index contributed by atoms with van der Waals surface area (Å²) in [4.78, 5) is 42.8. The minimum atomic E-state index is -1.11. The predicted octanol–water partition coefficient (Wildman–Crippen LogP) is 2.32. The first-order chi connectivity index (χ1) is 15.8. The van der Waals surface area contributed by atoms with Crippen molar-refractivity contribution >= 4 is 23.4 Å². The average Bonchev–Trinajstić information content (AvgIpc) is 3.29. The monoisotopic (exact) mass is 471 g/mol. The van der Waals surface area contributed by atoms with Crippen molar-refractivity contribution in [2.75, 3.05) is 11.9 Å². The van der Waals surface area contributed by atoms with Crippen LogP contribution in [0.4, 0.5) is 5.69 Å². The van der Waals surface area contributed by atoms with Gasteiger partial charge >= 0.3 is 0 Å². The number of likely N-dealkylation sites (tertiary alicyclic amines) is 1. The van der Waals surface area contributed by atoms with Crippen molar-refractivity contribution in [3.05, 3.63) is 30.3 Å².